The van der Waals surface area contributed by atoms with Crippen molar-refractivity contribution in [3.8, 4) is 5.75 Å². The predicted molar refractivity (Wildman–Crippen MR) is 157 cm³/mol. The normalized spacial score (nSPS) is 15.8. The summed E-state index contributed by atoms with van der Waals surface area (Å²) in [5.41, 5.74) is -1.67. The number of methoxy groups -OCH3 is 1. The second-order valence-corrected chi connectivity index (χ2v) is 13.1. The van der Waals surface area contributed by atoms with Crippen LogP contribution in [0.1, 0.15) is 50.4 Å². The fraction of sp³-hybridized carbons (Fsp3) is 0.483. The Labute approximate surface area is 251 Å². The molecule has 0 saturated carbocycles. The fourth-order valence-electron chi connectivity index (χ4n) is 4.26. The number of amides is 2. The molecule has 2 aromatic carbocycles. The summed E-state index contributed by atoms with van der Waals surface area (Å²) in [6, 6.07) is 12.3. The number of hydrogen-bond donors (Lipinski definition) is 2. The smallest absolute Gasteiger partial charge is 0.410 e. The standard InChI is InChI=1S/C29H38ClN3O8S/c1-29(2,3)41-28(36)33-17-14-20(15-18-33)16-19-40-22-10-12-23(13-11-22)42(37,38)32-24(27(35)39-4)25(30)31-26(34)21-8-6-5-7-9-21/h5-13,20,24-25,32H,14-19H2,1-4H3,(H,31,34)/t24-,25?/m1/s1. The molecule has 2 N–H and O–H groups in total. The van der Waals surface area contributed by atoms with Gasteiger partial charge in [0.15, 0.2) is 6.04 Å². The molecule has 0 aromatic heterocycles. The second kappa shape index (κ2) is 14.7. The minimum atomic E-state index is -4.22. The highest BCUT2D eigenvalue weighted by Crippen LogP contribution is 2.23. The monoisotopic (exact) mass is 623 g/mol. The van der Waals surface area contributed by atoms with Crippen molar-refractivity contribution in [2.24, 2.45) is 5.92 Å². The Hall–Kier alpha value is -3.35. The molecule has 11 nitrogen and oxygen atoms in total. The fourth-order valence-corrected chi connectivity index (χ4v) is 5.80. The number of alkyl halides is 1. The van der Waals surface area contributed by atoms with Crippen LogP contribution in [-0.4, -0.2) is 75.2 Å². The summed E-state index contributed by atoms with van der Waals surface area (Å²) >= 11 is 6.25. The Morgan fingerprint density at radius 2 is 1.64 bits per heavy atom. The van der Waals surface area contributed by atoms with Crippen LogP contribution in [0, 0.1) is 5.92 Å². The summed E-state index contributed by atoms with van der Waals surface area (Å²) in [4.78, 5) is 38.7. The molecule has 42 heavy (non-hydrogen) atoms. The molecule has 1 aliphatic rings. The molecule has 0 bridgehead atoms. The van der Waals surface area contributed by atoms with Crippen molar-refractivity contribution in [3.05, 3.63) is 60.2 Å². The third-order valence-electron chi connectivity index (χ3n) is 6.53. The Kier molecular flexibility index (Phi) is 11.6. The number of carbonyl (C=O) groups is 3. The zero-order valence-electron chi connectivity index (χ0n) is 24.2. The van der Waals surface area contributed by atoms with Crippen molar-refractivity contribution < 1.29 is 37.0 Å². The van der Waals surface area contributed by atoms with Crippen LogP contribution in [-0.2, 0) is 24.3 Å². The van der Waals surface area contributed by atoms with Crippen molar-refractivity contribution in [3.63, 3.8) is 0 Å². The number of sulfonamides is 1. The van der Waals surface area contributed by atoms with Crippen molar-refractivity contribution in [1.82, 2.24) is 14.9 Å². The van der Waals surface area contributed by atoms with Gasteiger partial charge in [0.2, 0.25) is 10.0 Å². The number of rotatable bonds is 11. The zero-order chi connectivity index (χ0) is 30.9. The van der Waals surface area contributed by atoms with Gasteiger partial charge in [-0.1, -0.05) is 29.8 Å². The molecule has 3 rings (SSSR count). The maximum atomic E-state index is 13.0. The summed E-state index contributed by atoms with van der Waals surface area (Å²) in [6.45, 7) is 7.22. The lowest BCUT2D eigenvalue weighted by atomic mass is 9.94. The van der Waals surface area contributed by atoms with Gasteiger partial charge in [-0.25, -0.2) is 13.2 Å². The van der Waals surface area contributed by atoms with Gasteiger partial charge in [0.25, 0.3) is 5.91 Å². The first-order valence-electron chi connectivity index (χ1n) is 13.6. The van der Waals surface area contributed by atoms with E-state index in [1.165, 1.54) is 24.3 Å². The lowest BCUT2D eigenvalue weighted by Gasteiger charge is -2.33. The van der Waals surface area contributed by atoms with E-state index in [1.54, 1.807) is 35.2 Å². The number of esters is 1. The number of hydrogen-bond acceptors (Lipinski definition) is 8. The summed E-state index contributed by atoms with van der Waals surface area (Å²) in [5.74, 6) is -0.675. The van der Waals surface area contributed by atoms with Crippen molar-refractivity contribution >= 4 is 39.6 Å². The minimum Gasteiger partial charge on any atom is -0.494 e. The third kappa shape index (κ3) is 9.88. The van der Waals surface area contributed by atoms with Crippen LogP contribution >= 0.6 is 11.6 Å². The molecule has 0 spiro atoms. The van der Waals surface area contributed by atoms with E-state index in [1.807, 2.05) is 20.8 Å². The van der Waals surface area contributed by atoms with E-state index >= 15 is 0 Å². The van der Waals surface area contributed by atoms with Crippen LogP contribution in [0.3, 0.4) is 0 Å². The molecular weight excluding hydrogens is 586 g/mol. The molecule has 0 aliphatic carbocycles. The summed E-state index contributed by atoms with van der Waals surface area (Å²) in [5, 5.41) is 2.41. The Morgan fingerprint density at radius 1 is 1.02 bits per heavy atom. The van der Waals surface area contributed by atoms with Crippen LogP contribution in [0.4, 0.5) is 4.79 Å². The third-order valence-corrected chi connectivity index (χ3v) is 8.35. The van der Waals surface area contributed by atoms with Gasteiger partial charge in [-0.05, 0) is 82.3 Å². The molecule has 1 aliphatic heterocycles. The molecule has 230 valence electrons. The first-order chi connectivity index (χ1) is 19.8. The average molecular weight is 624 g/mol. The zero-order valence-corrected chi connectivity index (χ0v) is 25.7. The van der Waals surface area contributed by atoms with Gasteiger partial charge in [0.1, 0.15) is 16.9 Å². The topological polar surface area (TPSA) is 140 Å². The average Bonchev–Trinajstić information content (AvgIpc) is 2.95. The molecule has 13 heteroatoms. The van der Waals surface area contributed by atoms with E-state index in [0.717, 1.165) is 26.4 Å². The van der Waals surface area contributed by atoms with Crippen LogP contribution < -0.4 is 14.8 Å². The molecule has 1 heterocycles. The van der Waals surface area contributed by atoms with E-state index in [-0.39, 0.29) is 16.6 Å². The number of nitrogens with one attached hydrogen (secondary N) is 2. The minimum absolute atomic E-state index is 0.128. The maximum Gasteiger partial charge on any atom is 0.410 e. The van der Waals surface area contributed by atoms with Gasteiger partial charge in [-0.3, -0.25) is 9.59 Å². The highest BCUT2D eigenvalue weighted by atomic mass is 35.5. The van der Waals surface area contributed by atoms with Crippen molar-refractivity contribution in [1.29, 1.82) is 0 Å². The van der Waals surface area contributed by atoms with Crippen molar-refractivity contribution in [2.45, 2.75) is 62.1 Å². The highest BCUT2D eigenvalue weighted by molar-refractivity contribution is 7.89. The first kappa shape index (κ1) is 33.2. The van der Waals surface area contributed by atoms with E-state index < -0.39 is 39.0 Å². The van der Waals surface area contributed by atoms with E-state index in [4.69, 9.17) is 25.8 Å². The molecule has 2 amide bonds. The number of piperidine rings is 1. The molecule has 1 fully saturated rings. The molecular formula is C29H38ClN3O8S. The quantitative estimate of drug-likeness (QED) is 0.218. The molecule has 1 saturated heterocycles. The Morgan fingerprint density at radius 3 is 2.21 bits per heavy atom. The van der Waals surface area contributed by atoms with Crippen molar-refractivity contribution in [2.75, 3.05) is 26.8 Å². The summed E-state index contributed by atoms with van der Waals surface area (Å²) in [7, 11) is -3.14. The number of likely N-dealkylation sites (tertiary alicyclic amines) is 1. The lowest BCUT2D eigenvalue weighted by Crippen LogP contribution is -2.53. The number of benzene rings is 2. The SMILES string of the molecule is COC(=O)[C@H](NS(=O)(=O)c1ccc(OCCC2CCN(C(=O)OC(C)(C)C)CC2)cc1)C(Cl)NC(=O)c1ccccc1. The van der Waals surface area contributed by atoms with Gasteiger partial charge in [-0.2, -0.15) is 4.72 Å². The van der Waals surface area contributed by atoms with Gasteiger partial charge < -0.3 is 24.4 Å². The Bertz CT molecular complexity index is 1310. The predicted octanol–water partition coefficient (Wildman–Crippen LogP) is 3.92. The second-order valence-electron chi connectivity index (χ2n) is 10.9. The summed E-state index contributed by atoms with van der Waals surface area (Å²) < 4.78 is 44.3. The number of carbonyl (C=O) groups excluding carboxylic acids is 3. The Balaban J connectivity index is 1.51. The number of ether oxygens (including phenoxy) is 3. The van der Waals surface area contributed by atoms with E-state index in [9.17, 15) is 22.8 Å². The van der Waals surface area contributed by atoms with E-state index in [2.05, 4.69) is 10.0 Å². The number of halogens is 1. The van der Waals surface area contributed by atoms with Crippen LogP contribution in [0.2, 0.25) is 0 Å². The van der Waals surface area contributed by atoms with Gasteiger partial charge in [0.05, 0.1) is 18.6 Å². The first-order valence-corrected chi connectivity index (χ1v) is 15.5. The molecule has 0 radical (unpaired) electrons. The maximum absolute atomic E-state index is 13.0. The number of nitrogens with zero attached hydrogens (tertiary/aromatic N) is 1. The van der Waals surface area contributed by atoms with E-state index in [0.29, 0.717) is 31.4 Å². The van der Waals surface area contributed by atoms with Gasteiger partial charge >= 0.3 is 12.1 Å². The van der Waals surface area contributed by atoms with Crippen LogP contribution in [0.5, 0.6) is 5.75 Å². The van der Waals surface area contributed by atoms with Gasteiger partial charge in [0, 0.05) is 18.7 Å². The van der Waals surface area contributed by atoms with Crippen LogP contribution in [0.25, 0.3) is 0 Å². The summed E-state index contributed by atoms with van der Waals surface area (Å²) in [6.07, 6.45) is 2.19. The molecule has 2 aromatic rings. The lowest BCUT2D eigenvalue weighted by molar-refractivity contribution is -0.142. The largest absolute Gasteiger partial charge is 0.494 e. The highest BCUT2D eigenvalue weighted by Gasteiger charge is 2.34. The van der Waals surface area contributed by atoms with Crippen LogP contribution in [0.15, 0.2) is 59.5 Å². The van der Waals surface area contributed by atoms with Gasteiger partial charge in [-0.15, -0.1) is 0 Å². The molecule has 2 atom stereocenters. The molecule has 1 unspecified atom stereocenters.